The Labute approximate surface area is 165 Å². The van der Waals surface area contributed by atoms with Crippen molar-refractivity contribution in [3.63, 3.8) is 0 Å². The van der Waals surface area contributed by atoms with Crippen molar-refractivity contribution in [2.24, 2.45) is 9.98 Å². The van der Waals surface area contributed by atoms with Gasteiger partial charge < -0.3 is 0 Å². The van der Waals surface area contributed by atoms with Gasteiger partial charge in [-0.25, -0.2) is 14.0 Å². The van der Waals surface area contributed by atoms with Gasteiger partial charge in [0.15, 0.2) is 5.82 Å². The van der Waals surface area contributed by atoms with Gasteiger partial charge in [0.25, 0.3) is 0 Å². The zero-order valence-electron chi connectivity index (χ0n) is 12.2. The van der Waals surface area contributed by atoms with E-state index >= 15 is 0 Å². The van der Waals surface area contributed by atoms with Crippen molar-refractivity contribution < 1.29 is 27.2 Å². The fraction of sp³-hybridized carbons (Fsp3) is 0.0667. The van der Waals surface area contributed by atoms with E-state index in [1.807, 2.05) is 0 Å². The number of hydrogen-bond acceptors (Lipinski definition) is 4. The monoisotopic (exact) mass is 514 g/mol. The van der Waals surface area contributed by atoms with Crippen LogP contribution in [0.5, 0.6) is 0 Å². The quantitative estimate of drug-likeness (QED) is 0.255. The van der Waals surface area contributed by atoms with Crippen molar-refractivity contribution >= 4 is 67.0 Å². The second-order valence-corrected chi connectivity index (χ2v) is 6.46. The highest BCUT2D eigenvalue weighted by molar-refractivity contribution is 9.11. The topological polar surface area (TPSA) is 58.9 Å². The summed E-state index contributed by atoms with van der Waals surface area (Å²) in [5.41, 5.74) is -1.18. The minimum atomic E-state index is -4.55. The molecule has 0 unspecified atom stereocenters. The van der Waals surface area contributed by atoms with E-state index in [9.17, 15) is 27.2 Å². The Balaban J connectivity index is 0.000000263. The molecule has 0 N–H and O–H groups in total. The van der Waals surface area contributed by atoms with E-state index in [2.05, 4.69) is 41.8 Å². The summed E-state index contributed by atoms with van der Waals surface area (Å²) in [7, 11) is 0. The first kappa shape index (κ1) is 22.2. The summed E-state index contributed by atoms with van der Waals surface area (Å²) in [5.74, 6) is -0.570. The van der Waals surface area contributed by atoms with Crippen molar-refractivity contribution in [3.8, 4) is 0 Å². The molecule has 0 heterocycles. The van der Waals surface area contributed by atoms with Crippen molar-refractivity contribution in [2.75, 3.05) is 0 Å². The SMILES string of the molecule is O=C=Nc1c(F)cc(Br)cc1Br.O=C=Nc1ccc(Cl)c(C(F)(F)F)c1. The molecule has 0 aromatic heterocycles. The Hall–Kier alpha value is -1.83. The lowest BCUT2D eigenvalue weighted by Crippen LogP contribution is -2.05. The molecule has 4 nitrogen and oxygen atoms in total. The predicted octanol–water partition coefficient (Wildman–Crippen LogP) is 6.64. The van der Waals surface area contributed by atoms with Crippen molar-refractivity contribution in [1.82, 2.24) is 0 Å². The van der Waals surface area contributed by atoms with Crippen LogP contribution in [0.2, 0.25) is 5.02 Å². The molecule has 0 spiro atoms. The number of aliphatic imine (C=N–C) groups is 2. The highest BCUT2D eigenvalue weighted by Gasteiger charge is 2.33. The molecule has 0 radical (unpaired) electrons. The highest BCUT2D eigenvalue weighted by atomic mass is 79.9. The molecule has 0 atom stereocenters. The van der Waals surface area contributed by atoms with Gasteiger partial charge in [-0.2, -0.15) is 23.2 Å². The maximum absolute atomic E-state index is 13.0. The number of rotatable bonds is 2. The average molecular weight is 516 g/mol. The van der Waals surface area contributed by atoms with Gasteiger partial charge in [0.1, 0.15) is 5.69 Å². The van der Waals surface area contributed by atoms with E-state index in [-0.39, 0.29) is 11.4 Å². The number of benzene rings is 2. The van der Waals surface area contributed by atoms with Crippen LogP contribution in [0, 0.1) is 5.82 Å². The first-order chi connectivity index (χ1) is 12.1. The standard InChI is InChI=1S/C8H3ClF3NO.C7H2Br2FNO/c9-7-2-1-5(13-4-14)3-6(7)8(10,11)12;8-4-1-5(9)7(11-3-12)6(10)2-4/h1-3H;1-2H. The van der Waals surface area contributed by atoms with E-state index in [0.717, 1.165) is 12.1 Å². The largest absolute Gasteiger partial charge is 0.417 e. The zero-order chi connectivity index (χ0) is 19.9. The molecule has 2 aromatic carbocycles. The Morgan fingerprint density at radius 3 is 2.12 bits per heavy atom. The van der Waals surface area contributed by atoms with E-state index in [1.165, 1.54) is 18.2 Å². The summed E-state index contributed by atoms with van der Waals surface area (Å²) in [4.78, 5) is 25.9. The molecule has 0 amide bonds. The Bertz CT molecular complexity index is 886. The van der Waals surface area contributed by atoms with Crippen LogP contribution in [0.15, 0.2) is 49.3 Å². The minimum Gasteiger partial charge on any atom is -0.211 e. The van der Waals surface area contributed by atoms with E-state index in [1.54, 1.807) is 6.07 Å². The molecule has 2 rings (SSSR count). The minimum absolute atomic E-state index is 0.0341. The molecule has 0 bridgehead atoms. The molecule has 26 heavy (non-hydrogen) atoms. The van der Waals surface area contributed by atoms with Gasteiger partial charge in [-0.3, -0.25) is 0 Å². The third-order valence-corrected chi connectivity index (χ3v) is 3.96. The molecular weight excluding hydrogens is 511 g/mol. The molecule has 0 aliphatic heterocycles. The summed E-state index contributed by atoms with van der Waals surface area (Å²) in [6.07, 6.45) is -2.13. The van der Waals surface area contributed by atoms with Gasteiger partial charge in [0.2, 0.25) is 12.2 Å². The van der Waals surface area contributed by atoms with Crippen molar-refractivity contribution in [2.45, 2.75) is 6.18 Å². The Morgan fingerprint density at radius 1 is 1.00 bits per heavy atom. The summed E-state index contributed by atoms with van der Waals surface area (Å²) in [5, 5.41) is -0.428. The van der Waals surface area contributed by atoms with Gasteiger partial charge >= 0.3 is 6.18 Å². The average Bonchev–Trinajstić information content (AvgIpc) is 2.52. The molecule has 0 fully saturated rings. The number of alkyl halides is 3. The molecule has 2 aromatic rings. The molecule has 0 aliphatic rings. The van der Waals surface area contributed by atoms with E-state index < -0.39 is 22.6 Å². The maximum Gasteiger partial charge on any atom is 0.417 e. The number of hydrogen-bond donors (Lipinski definition) is 0. The van der Waals surface area contributed by atoms with Gasteiger partial charge in [-0.1, -0.05) is 27.5 Å². The number of isocyanates is 2. The van der Waals surface area contributed by atoms with Crippen LogP contribution < -0.4 is 0 Å². The molecule has 0 saturated carbocycles. The Kier molecular flexibility index (Phi) is 8.33. The summed E-state index contributed by atoms with van der Waals surface area (Å²) >= 11 is 11.5. The fourth-order valence-electron chi connectivity index (χ4n) is 1.54. The van der Waals surface area contributed by atoms with E-state index in [4.69, 9.17) is 11.6 Å². The van der Waals surface area contributed by atoms with Crippen LogP contribution in [0.25, 0.3) is 0 Å². The first-order valence-corrected chi connectivity index (χ1v) is 8.23. The lowest BCUT2D eigenvalue weighted by Gasteiger charge is -2.08. The van der Waals surface area contributed by atoms with Gasteiger partial charge in [-0.15, -0.1) is 0 Å². The highest BCUT2D eigenvalue weighted by Crippen LogP contribution is 2.36. The van der Waals surface area contributed by atoms with Crippen LogP contribution in [-0.2, 0) is 15.8 Å². The molecule has 11 heteroatoms. The van der Waals surface area contributed by atoms with Gasteiger partial charge in [0, 0.05) is 8.95 Å². The smallest absolute Gasteiger partial charge is 0.211 e. The third-order valence-electron chi connectivity index (χ3n) is 2.57. The van der Waals surface area contributed by atoms with Gasteiger partial charge in [0.05, 0.1) is 16.3 Å². The molecule has 136 valence electrons. The second kappa shape index (κ2) is 9.75. The summed E-state index contributed by atoms with van der Waals surface area (Å²) in [6, 6.07) is 5.73. The first-order valence-electron chi connectivity index (χ1n) is 6.27. The molecular formula is C15H5Br2ClF4N2O2. The number of nitrogens with zero attached hydrogens (tertiary/aromatic N) is 2. The maximum atomic E-state index is 13.0. The normalized spacial score (nSPS) is 10.1. The van der Waals surface area contributed by atoms with Crippen LogP contribution in [0.1, 0.15) is 5.56 Å². The van der Waals surface area contributed by atoms with E-state index in [0.29, 0.717) is 15.0 Å². The third kappa shape index (κ3) is 6.48. The van der Waals surface area contributed by atoms with Crippen LogP contribution in [-0.4, -0.2) is 12.2 Å². The van der Waals surface area contributed by atoms with Crippen molar-refractivity contribution in [3.05, 3.63) is 55.7 Å². The number of carbonyl (C=O) groups excluding carboxylic acids is 2. The summed E-state index contributed by atoms with van der Waals surface area (Å²) in [6.45, 7) is 0. The lowest BCUT2D eigenvalue weighted by atomic mass is 10.2. The Morgan fingerprint density at radius 2 is 1.62 bits per heavy atom. The molecule has 0 saturated heterocycles. The predicted molar refractivity (Wildman–Crippen MR) is 93.8 cm³/mol. The zero-order valence-corrected chi connectivity index (χ0v) is 16.2. The van der Waals surface area contributed by atoms with Crippen molar-refractivity contribution in [1.29, 1.82) is 0 Å². The summed E-state index contributed by atoms with van der Waals surface area (Å²) < 4.78 is 50.7. The van der Waals surface area contributed by atoms with Crippen LogP contribution in [0.4, 0.5) is 28.9 Å². The van der Waals surface area contributed by atoms with Crippen LogP contribution >= 0.6 is 43.5 Å². The van der Waals surface area contributed by atoms with Gasteiger partial charge in [-0.05, 0) is 46.3 Å². The fourth-order valence-corrected chi connectivity index (χ4v) is 3.03. The lowest BCUT2D eigenvalue weighted by molar-refractivity contribution is -0.137. The number of halogens is 7. The molecule has 0 aliphatic carbocycles. The second-order valence-electron chi connectivity index (χ2n) is 4.29. The van der Waals surface area contributed by atoms with Crippen LogP contribution in [0.3, 0.4) is 0 Å².